The quantitative estimate of drug-likeness (QED) is 0.803. The van der Waals surface area contributed by atoms with Crippen LogP contribution in [0.5, 0.6) is 0 Å². The van der Waals surface area contributed by atoms with E-state index < -0.39 is 29.7 Å². The molecule has 1 fully saturated rings. The van der Waals surface area contributed by atoms with Crippen LogP contribution in [0, 0.1) is 11.4 Å². The normalized spacial score (nSPS) is 19.7. The van der Waals surface area contributed by atoms with Gasteiger partial charge in [0.05, 0.1) is 12.6 Å². The molecule has 0 spiro atoms. The minimum Gasteiger partial charge on any atom is -0.272 e. The molecule has 1 atom stereocenters. The zero-order chi connectivity index (χ0) is 14.9. The molecule has 2 heterocycles. The van der Waals surface area contributed by atoms with E-state index in [0.29, 0.717) is 12.0 Å². The summed E-state index contributed by atoms with van der Waals surface area (Å²) in [4.78, 5) is 20.9. The van der Waals surface area contributed by atoms with Crippen LogP contribution in [0.15, 0.2) is 18.3 Å². The number of nitrogens with zero attached hydrogens (tertiary/aromatic N) is 2. The number of alkyl halides is 2. The van der Waals surface area contributed by atoms with Crippen molar-refractivity contribution in [1.82, 2.24) is 10.0 Å². The number of hydroxylamine groups is 2. The fourth-order valence-electron chi connectivity index (χ4n) is 1.93. The third-order valence-corrected chi connectivity index (χ3v) is 3.34. The second-order valence-corrected chi connectivity index (χ2v) is 5.21. The van der Waals surface area contributed by atoms with Crippen molar-refractivity contribution in [2.75, 3.05) is 6.61 Å². The number of aromatic nitrogens is 1. The molecule has 0 N–H and O–H groups in total. The molecule has 0 radical (unpaired) electrons. The van der Waals surface area contributed by atoms with Crippen molar-refractivity contribution in [3.63, 3.8) is 0 Å². The minimum absolute atomic E-state index is 0.243. The Bertz CT molecular complexity index is 491. The van der Waals surface area contributed by atoms with E-state index in [9.17, 15) is 18.0 Å². The lowest BCUT2D eigenvalue weighted by atomic mass is 9.92. The topological polar surface area (TPSA) is 42.4 Å². The number of amides is 1. The Balaban J connectivity index is 2.23. The highest BCUT2D eigenvalue weighted by molar-refractivity contribution is 5.82. The average molecular weight is 288 g/mol. The van der Waals surface area contributed by atoms with Crippen molar-refractivity contribution in [3.05, 3.63) is 29.8 Å². The molecule has 0 aromatic carbocycles. The van der Waals surface area contributed by atoms with Crippen molar-refractivity contribution in [1.29, 1.82) is 0 Å². The maximum absolute atomic E-state index is 12.9. The number of halogens is 3. The number of hydrogen-bond acceptors (Lipinski definition) is 3. The van der Waals surface area contributed by atoms with E-state index in [1.54, 1.807) is 0 Å². The summed E-state index contributed by atoms with van der Waals surface area (Å²) >= 11 is 0. The summed E-state index contributed by atoms with van der Waals surface area (Å²) in [6.07, 6.45) is -1.06. The van der Waals surface area contributed by atoms with Gasteiger partial charge in [0, 0.05) is 12.6 Å². The summed E-state index contributed by atoms with van der Waals surface area (Å²) in [5, 5.41) is 0.959. The van der Waals surface area contributed by atoms with Crippen LogP contribution >= 0.6 is 0 Å². The fourth-order valence-corrected chi connectivity index (χ4v) is 1.93. The second kappa shape index (κ2) is 5.40. The Kier molecular flexibility index (Phi) is 3.99. The van der Waals surface area contributed by atoms with E-state index >= 15 is 0 Å². The first kappa shape index (κ1) is 14.8. The van der Waals surface area contributed by atoms with E-state index in [0.717, 1.165) is 11.1 Å². The van der Waals surface area contributed by atoms with Crippen molar-refractivity contribution in [3.8, 4) is 0 Å². The van der Waals surface area contributed by atoms with Gasteiger partial charge in [0.1, 0.15) is 5.41 Å². The lowest BCUT2D eigenvalue weighted by Gasteiger charge is -2.30. The lowest BCUT2D eigenvalue weighted by molar-refractivity contribution is -0.194. The van der Waals surface area contributed by atoms with Gasteiger partial charge in [-0.05, 0) is 25.5 Å². The van der Waals surface area contributed by atoms with E-state index in [2.05, 4.69) is 4.98 Å². The Labute approximate surface area is 114 Å². The lowest BCUT2D eigenvalue weighted by Crippen LogP contribution is -2.43. The smallest absolute Gasteiger partial charge is 0.258 e. The second-order valence-electron chi connectivity index (χ2n) is 5.21. The van der Waals surface area contributed by atoms with E-state index in [-0.39, 0.29) is 6.61 Å². The SMILES string of the molecule is CC(C)(C(=O)N1OCC[C@H]1c1ccc(F)nc1)C(F)F. The molecule has 0 saturated carbocycles. The molecule has 1 aromatic heterocycles. The molecule has 4 nitrogen and oxygen atoms in total. The van der Waals surface area contributed by atoms with Crippen LogP contribution in [0.4, 0.5) is 13.2 Å². The van der Waals surface area contributed by atoms with Gasteiger partial charge in [-0.2, -0.15) is 4.39 Å². The van der Waals surface area contributed by atoms with Crippen LogP contribution in [-0.4, -0.2) is 29.0 Å². The molecule has 1 aliphatic rings. The Hall–Kier alpha value is -1.63. The third kappa shape index (κ3) is 2.63. The molecule has 1 aliphatic heterocycles. The Morgan fingerprint density at radius 1 is 1.50 bits per heavy atom. The first-order valence-electron chi connectivity index (χ1n) is 6.20. The molecule has 1 amide bonds. The predicted octanol–water partition coefficient (Wildman–Crippen LogP) is 2.72. The first-order valence-corrected chi connectivity index (χ1v) is 6.20. The van der Waals surface area contributed by atoms with E-state index in [1.165, 1.54) is 26.1 Å². The number of pyridine rings is 1. The first-order chi connectivity index (χ1) is 9.34. The molecule has 20 heavy (non-hydrogen) atoms. The monoisotopic (exact) mass is 288 g/mol. The Morgan fingerprint density at radius 3 is 2.75 bits per heavy atom. The van der Waals surface area contributed by atoms with Gasteiger partial charge in [0.15, 0.2) is 0 Å². The van der Waals surface area contributed by atoms with Gasteiger partial charge >= 0.3 is 0 Å². The molecule has 0 bridgehead atoms. The summed E-state index contributed by atoms with van der Waals surface area (Å²) in [5.41, 5.74) is -1.28. The highest BCUT2D eigenvalue weighted by Crippen LogP contribution is 2.36. The molecular formula is C13H15F3N2O2. The van der Waals surface area contributed by atoms with Crippen molar-refractivity contribution < 1.29 is 22.8 Å². The molecule has 0 aliphatic carbocycles. The van der Waals surface area contributed by atoms with Gasteiger partial charge in [-0.15, -0.1) is 0 Å². The summed E-state index contributed by atoms with van der Waals surface area (Å²) in [6, 6.07) is 2.11. The van der Waals surface area contributed by atoms with Crippen LogP contribution in [-0.2, 0) is 9.63 Å². The van der Waals surface area contributed by atoms with Crippen LogP contribution in [0.1, 0.15) is 31.9 Å². The largest absolute Gasteiger partial charge is 0.272 e. The van der Waals surface area contributed by atoms with Gasteiger partial charge in [0.2, 0.25) is 5.95 Å². The number of carbonyl (C=O) groups excluding carboxylic acids is 1. The van der Waals surface area contributed by atoms with E-state index in [4.69, 9.17) is 4.84 Å². The van der Waals surface area contributed by atoms with Gasteiger partial charge in [-0.25, -0.2) is 18.8 Å². The molecule has 7 heteroatoms. The third-order valence-electron chi connectivity index (χ3n) is 3.34. The zero-order valence-corrected chi connectivity index (χ0v) is 11.1. The summed E-state index contributed by atoms with van der Waals surface area (Å²) in [5.74, 6) is -1.43. The van der Waals surface area contributed by atoms with Crippen LogP contribution in [0.2, 0.25) is 0 Å². The number of carbonyl (C=O) groups is 1. The van der Waals surface area contributed by atoms with Crippen LogP contribution < -0.4 is 0 Å². The van der Waals surface area contributed by atoms with Gasteiger partial charge in [-0.1, -0.05) is 6.07 Å². The van der Waals surface area contributed by atoms with Gasteiger partial charge in [-0.3, -0.25) is 9.63 Å². The molecular weight excluding hydrogens is 273 g/mol. The summed E-state index contributed by atoms with van der Waals surface area (Å²) in [7, 11) is 0. The van der Waals surface area contributed by atoms with Crippen molar-refractivity contribution in [2.24, 2.45) is 5.41 Å². The molecule has 0 unspecified atom stereocenters. The van der Waals surface area contributed by atoms with Gasteiger partial charge < -0.3 is 0 Å². The predicted molar refractivity (Wildman–Crippen MR) is 64.1 cm³/mol. The zero-order valence-electron chi connectivity index (χ0n) is 11.1. The molecule has 1 aromatic rings. The van der Waals surface area contributed by atoms with Crippen LogP contribution in [0.25, 0.3) is 0 Å². The highest BCUT2D eigenvalue weighted by Gasteiger charge is 2.45. The Morgan fingerprint density at radius 2 is 2.20 bits per heavy atom. The van der Waals surface area contributed by atoms with Crippen LogP contribution in [0.3, 0.4) is 0 Å². The summed E-state index contributed by atoms with van der Waals surface area (Å²) in [6.45, 7) is 2.58. The molecule has 2 rings (SSSR count). The van der Waals surface area contributed by atoms with Crippen molar-refractivity contribution >= 4 is 5.91 Å². The molecule has 1 saturated heterocycles. The average Bonchev–Trinajstić information content (AvgIpc) is 2.87. The minimum atomic E-state index is -2.80. The van der Waals surface area contributed by atoms with Crippen molar-refractivity contribution in [2.45, 2.75) is 32.7 Å². The summed E-state index contributed by atoms with van der Waals surface area (Å²) < 4.78 is 38.7. The fraction of sp³-hybridized carbons (Fsp3) is 0.538. The maximum Gasteiger partial charge on any atom is 0.258 e. The number of rotatable bonds is 3. The highest BCUT2D eigenvalue weighted by atomic mass is 19.3. The van der Waals surface area contributed by atoms with E-state index in [1.807, 2.05) is 0 Å². The number of hydrogen-bond donors (Lipinski definition) is 0. The maximum atomic E-state index is 12.9. The standard InChI is InChI=1S/C13H15F3N2O2/c1-13(2,11(15)16)12(19)18-9(5-6-20-18)8-3-4-10(14)17-7-8/h3-4,7,9,11H,5-6H2,1-2H3/t9-/m0/s1. The van der Waals surface area contributed by atoms with Gasteiger partial charge in [0.25, 0.3) is 12.3 Å². The molecule has 110 valence electrons.